The van der Waals surface area contributed by atoms with Gasteiger partial charge in [-0.15, -0.1) is 0 Å². The van der Waals surface area contributed by atoms with Crippen LogP contribution < -0.4 is 5.73 Å². The third-order valence-corrected chi connectivity index (χ3v) is 5.06. The first kappa shape index (κ1) is 13.9. The molecule has 3 fully saturated rings. The minimum absolute atomic E-state index is 0.0361. The van der Waals surface area contributed by atoms with E-state index in [1.165, 1.54) is 6.07 Å². The van der Waals surface area contributed by atoms with Crippen LogP contribution in [0.1, 0.15) is 36.8 Å². The molecule has 3 aliphatic rings. The van der Waals surface area contributed by atoms with Gasteiger partial charge < -0.3 is 10.8 Å². The number of hydrogen-bond donors (Lipinski definition) is 2. The van der Waals surface area contributed by atoms with Gasteiger partial charge in [0.05, 0.1) is 5.56 Å². The van der Waals surface area contributed by atoms with Crippen LogP contribution in [0.15, 0.2) is 24.3 Å². The van der Waals surface area contributed by atoms with Crippen LogP contribution in [0, 0.1) is 11.8 Å². The molecular formula is C15H18F3NO. The van der Waals surface area contributed by atoms with Gasteiger partial charge in [-0.1, -0.05) is 12.1 Å². The molecule has 2 nitrogen and oxygen atoms in total. The summed E-state index contributed by atoms with van der Waals surface area (Å²) in [6.07, 6.45) is -0.791. The SMILES string of the molecule is NC1C2CCC(CC2)C1(O)c1cccc(C(F)(F)F)c1. The smallest absolute Gasteiger partial charge is 0.383 e. The summed E-state index contributed by atoms with van der Waals surface area (Å²) in [4.78, 5) is 0. The summed E-state index contributed by atoms with van der Waals surface area (Å²) in [5, 5.41) is 11.0. The number of alkyl halides is 3. The summed E-state index contributed by atoms with van der Waals surface area (Å²) in [6, 6.07) is 4.53. The molecule has 0 radical (unpaired) electrons. The Morgan fingerprint density at radius 2 is 1.80 bits per heavy atom. The Labute approximate surface area is 115 Å². The Bertz CT molecular complexity index is 504. The van der Waals surface area contributed by atoms with E-state index in [2.05, 4.69) is 0 Å². The fourth-order valence-electron chi connectivity index (χ4n) is 3.92. The van der Waals surface area contributed by atoms with Gasteiger partial charge >= 0.3 is 6.18 Å². The van der Waals surface area contributed by atoms with Crippen LogP contribution in [-0.2, 0) is 11.8 Å². The second kappa shape index (κ2) is 4.46. The molecule has 2 atom stereocenters. The third kappa shape index (κ3) is 1.95. The zero-order chi connectivity index (χ0) is 14.5. The van der Waals surface area contributed by atoms with Crippen molar-refractivity contribution in [2.75, 3.05) is 0 Å². The van der Waals surface area contributed by atoms with E-state index in [9.17, 15) is 18.3 Å². The maximum absolute atomic E-state index is 12.8. The fourth-order valence-corrected chi connectivity index (χ4v) is 3.92. The highest BCUT2D eigenvalue weighted by Gasteiger charge is 2.53. The largest absolute Gasteiger partial charge is 0.416 e. The van der Waals surface area contributed by atoms with Crippen LogP contribution in [0.5, 0.6) is 0 Å². The molecule has 0 spiro atoms. The number of rotatable bonds is 1. The average Bonchev–Trinajstić information content (AvgIpc) is 2.44. The third-order valence-electron chi connectivity index (χ3n) is 5.06. The standard InChI is InChI=1S/C15H18F3NO/c16-15(17,18)12-3-1-2-11(8-12)14(20)10-6-4-9(5-7-10)13(14)19/h1-3,8-10,13,20H,4-7,19H2. The highest BCUT2D eigenvalue weighted by atomic mass is 19.4. The average molecular weight is 285 g/mol. The van der Waals surface area contributed by atoms with Crippen LogP contribution in [0.25, 0.3) is 0 Å². The summed E-state index contributed by atoms with van der Waals surface area (Å²) >= 11 is 0. The number of nitrogens with two attached hydrogens (primary N) is 1. The first-order valence-electron chi connectivity index (χ1n) is 6.99. The number of hydrogen-bond acceptors (Lipinski definition) is 2. The van der Waals surface area contributed by atoms with Crippen molar-refractivity contribution in [3.8, 4) is 0 Å². The van der Waals surface area contributed by atoms with Crippen molar-refractivity contribution in [3.63, 3.8) is 0 Å². The van der Waals surface area contributed by atoms with Crippen LogP contribution in [0.3, 0.4) is 0 Å². The summed E-state index contributed by atoms with van der Waals surface area (Å²) < 4.78 is 38.5. The molecule has 4 rings (SSSR count). The minimum Gasteiger partial charge on any atom is -0.383 e. The van der Waals surface area contributed by atoms with Crippen molar-refractivity contribution < 1.29 is 18.3 Å². The maximum Gasteiger partial charge on any atom is 0.416 e. The molecule has 1 aromatic carbocycles. The normalized spacial score (nSPS) is 37.1. The van der Waals surface area contributed by atoms with E-state index in [0.717, 1.165) is 37.8 Å². The summed E-state index contributed by atoms with van der Waals surface area (Å²) in [5.74, 6) is 0.172. The van der Waals surface area contributed by atoms with Crippen LogP contribution >= 0.6 is 0 Å². The number of benzene rings is 1. The van der Waals surface area contributed by atoms with Gasteiger partial charge in [-0.05, 0) is 55.2 Å². The highest BCUT2D eigenvalue weighted by Crippen LogP contribution is 2.52. The molecule has 0 saturated heterocycles. The molecule has 2 unspecified atom stereocenters. The monoisotopic (exact) mass is 285 g/mol. The Morgan fingerprint density at radius 3 is 2.35 bits per heavy atom. The van der Waals surface area contributed by atoms with Gasteiger partial charge in [0.2, 0.25) is 0 Å². The van der Waals surface area contributed by atoms with Gasteiger partial charge in [0, 0.05) is 6.04 Å². The molecule has 5 heteroatoms. The van der Waals surface area contributed by atoms with Gasteiger partial charge in [-0.2, -0.15) is 13.2 Å². The quantitative estimate of drug-likeness (QED) is 0.833. The number of fused-ring (bicyclic) bond motifs is 3. The molecule has 0 amide bonds. The lowest BCUT2D eigenvalue weighted by Crippen LogP contribution is -2.60. The second-order valence-corrected chi connectivity index (χ2v) is 6.04. The number of aliphatic hydroxyl groups is 1. The van der Waals surface area contributed by atoms with Gasteiger partial charge in [0.15, 0.2) is 0 Å². The molecule has 20 heavy (non-hydrogen) atoms. The lowest BCUT2D eigenvalue weighted by Gasteiger charge is -2.53. The molecule has 0 aromatic heterocycles. The first-order chi connectivity index (χ1) is 9.33. The van der Waals surface area contributed by atoms with Crippen molar-refractivity contribution in [2.45, 2.75) is 43.5 Å². The molecule has 3 aliphatic carbocycles. The zero-order valence-electron chi connectivity index (χ0n) is 11.0. The molecule has 2 bridgehead atoms. The van der Waals surface area contributed by atoms with E-state index in [1.807, 2.05) is 0 Å². The number of halogens is 3. The predicted octanol–water partition coefficient (Wildman–Crippen LogP) is 3.04. The van der Waals surface area contributed by atoms with Gasteiger partial charge in [-0.3, -0.25) is 0 Å². The first-order valence-corrected chi connectivity index (χ1v) is 6.99. The minimum atomic E-state index is -4.40. The van der Waals surface area contributed by atoms with Crippen molar-refractivity contribution >= 4 is 0 Å². The van der Waals surface area contributed by atoms with E-state index in [4.69, 9.17) is 5.73 Å². The Kier molecular flexibility index (Phi) is 3.10. The van der Waals surface area contributed by atoms with Crippen molar-refractivity contribution in [2.24, 2.45) is 17.6 Å². The lowest BCUT2D eigenvalue weighted by molar-refractivity contribution is -0.139. The Hall–Kier alpha value is -1.07. The van der Waals surface area contributed by atoms with E-state index in [-0.39, 0.29) is 11.8 Å². The van der Waals surface area contributed by atoms with Gasteiger partial charge in [0.25, 0.3) is 0 Å². The highest BCUT2D eigenvalue weighted by molar-refractivity contribution is 5.33. The van der Waals surface area contributed by atoms with Crippen molar-refractivity contribution in [1.29, 1.82) is 0 Å². The molecule has 3 saturated carbocycles. The van der Waals surface area contributed by atoms with Crippen molar-refractivity contribution in [3.05, 3.63) is 35.4 Å². The zero-order valence-corrected chi connectivity index (χ0v) is 11.0. The molecule has 0 heterocycles. The van der Waals surface area contributed by atoms with E-state index in [1.54, 1.807) is 6.07 Å². The summed E-state index contributed by atoms with van der Waals surface area (Å²) in [7, 11) is 0. The van der Waals surface area contributed by atoms with Gasteiger partial charge in [-0.25, -0.2) is 0 Å². The Morgan fingerprint density at radius 1 is 1.15 bits per heavy atom. The Balaban J connectivity index is 2.03. The van der Waals surface area contributed by atoms with Crippen LogP contribution in [-0.4, -0.2) is 11.1 Å². The van der Waals surface area contributed by atoms with E-state index >= 15 is 0 Å². The summed E-state index contributed by atoms with van der Waals surface area (Å²) in [6.45, 7) is 0. The van der Waals surface area contributed by atoms with E-state index < -0.39 is 23.4 Å². The maximum atomic E-state index is 12.8. The summed E-state index contributed by atoms with van der Waals surface area (Å²) in [5.41, 5.74) is 4.43. The predicted molar refractivity (Wildman–Crippen MR) is 68.8 cm³/mol. The lowest BCUT2D eigenvalue weighted by atomic mass is 9.57. The molecule has 1 aromatic rings. The second-order valence-electron chi connectivity index (χ2n) is 6.04. The van der Waals surface area contributed by atoms with Crippen molar-refractivity contribution in [1.82, 2.24) is 0 Å². The molecule has 3 N–H and O–H groups in total. The molecule has 0 aliphatic heterocycles. The molecule has 110 valence electrons. The molecular weight excluding hydrogens is 267 g/mol. The van der Waals surface area contributed by atoms with Gasteiger partial charge in [0.1, 0.15) is 5.60 Å². The van der Waals surface area contributed by atoms with E-state index in [0.29, 0.717) is 5.56 Å². The topological polar surface area (TPSA) is 46.2 Å². The fraction of sp³-hybridized carbons (Fsp3) is 0.600. The van der Waals surface area contributed by atoms with Crippen LogP contribution in [0.2, 0.25) is 0 Å². The van der Waals surface area contributed by atoms with Crippen LogP contribution in [0.4, 0.5) is 13.2 Å².